The summed E-state index contributed by atoms with van der Waals surface area (Å²) in [5.41, 5.74) is 5.75. The zero-order valence-electron chi connectivity index (χ0n) is 23.6. The van der Waals surface area contributed by atoms with Gasteiger partial charge < -0.3 is 29.1 Å². The number of esters is 1. The molecule has 3 heterocycles. The number of nitrogens with one attached hydrogen (secondary N) is 2. The topological polar surface area (TPSA) is 103 Å². The monoisotopic (exact) mass is 541 g/mol. The number of aromatic amines is 1. The number of hydrogen-bond donors (Lipinski definition) is 2. The van der Waals surface area contributed by atoms with E-state index in [9.17, 15) is 4.79 Å². The van der Waals surface area contributed by atoms with Gasteiger partial charge in [-0.3, -0.25) is 4.79 Å². The second-order valence-electron chi connectivity index (χ2n) is 9.81. The Kier molecular flexibility index (Phi) is 7.91. The molecule has 0 aliphatic heterocycles. The van der Waals surface area contributed by atoms with Gasteiger partial charge in [0.05, 0.1) is 32.6 Å². The number of benzene rings is 2. The predicted octanol–water partition coefficient (Wildman–Crippen LogP) is 6.29. The minimum atomic E-state index is -0.221. The highest BCUT2D eigenvalue weighted by Crippen LogP contribution is 2.41. The number of methoxy groups -OCH3 is 2. The van der Waals surface area contributed by atoms with Gasteiger partial charge in [-0.2, -0.15) is 0 Å². The van der Waals surface area contributed by atoms with Crippen molar-refractivity contribution in [2.75, 3.05) is 26.1 Å². The van der Waals surface area contributed by atoms with Crippen molar-refractivity contribution in [1.29, 1.82) is 0 Å². The lowest BCUT2D eigenvalue weighted by Crippen LogP contribution is -2.11. The molecule has 2 aromatic carbocycles. The molecule has 0 atom stereocenters. The average molecular weight is 542 g/mol. The number of H-pyrrole nitrogens is 1. The molecule has 40 heavy (non-hydrogen) atoms. The van der Waals surface area contributed by atoms with Crippen molar-refractivity contribution in [3.63, 3.8) is 0 Å². The van der Waals surface area contributed by atoms with E-state index in [4.69, 9.17) is 19.2 Å². The van der Waals surface area contributed by atoms with Crippen LogP contribution in [0.15, 0.2) is 54.9 Å². The first kappa shape index (κ1) is 27.1. The number of fused-ring (bicyclic) bond motifs is 2. The summed E-state index contributed by atoms with van der Waals surface area (Å²) < 4.78 is 18.4. The Labute approximate surface area is 233 Å². The first-order valence-corrected chi connectivity index (χ1v) is 13.5. The van der Waals surface area contributed by atoms with Crippen LogP contribution in [-0.2, 0) is 22.5 Å². The Morgan fingerprint density at radius 3 is 2.62 bits per heavy atom. The summed E-state index contributed by atoms with van der Waals surface area (Å²) in [7, 11) is 3.28. The SMILES string of the molecule is CCOC(=O)CCc1c(-c2cc3ccccc3[nH]2)c2c(NCc3ccc(OC)cc3OC)ncnc2n1C(C)C. The summed E-state index contributed by atoms with van der Waals surface area (Å²) >= 11 is 0. The average Bonchev–Trinajstić information content (AvgIpc) is 3.54. The molecule has 5 rings (SSSR count). The van der Waals surface area contributed by atoms with E-state index in [1.165, 1.54) is 0 Å². The van der Waals surface area contributed by atoms with Crippen molar-refractivity contribution < 1.29 is 19.0 Å². The second kappa shape index (κ2) is 11.7. The molecule has 208 valence electrons. The van der Waals surface area contributed by atoms with Crippen molar-refractivity contribution in [1.82, 2.24) is 19.5 Å². The van der Waals surface area contributed by atoms with E-state index in [1.54, 1.807) is 20.5 Å². The Balaban J connectivity index is 1.67. The van der Waals surface area contributed by atoms with E-state index in [0.717, 1.165) is 56.0 Å². The molecule has 0 radical (unpaired) electrons. The molecule has 0 bridgehead atoms. The fourth-order valence-electron chi connectivity index (χ4n) is 5.25. The maximum atomic E-state index is 12.4. The molecular weight excluding hydrogens is 506 g/mol. The van der Waals surface area contributed by atoms with Gasteiger partial charge in [0, 0.05) is 52.1 Å². The Bertz CT molecular complexity index is 1620. The second-order valence-corrected chi connectivity index (χ2v) is 9.81. The minimum absolute atomic E-state index is 0.0993. The van der Waals surface area contributed by atoms with E-state index < -0.39 is 0 Å². The highest BCUT2D eigenvalue weighted by Gasteiger charge is 2.26. The summed E-state index contributed by atoms with van der Waals surface area (Å²) in [5, 5.41) is 5.54. The molecule has 3 aromatic heterocycles. The molecule has 0 fully saturated rings. The van der Waals surface area contributed by atoms with Crippen LogP contribution in [0.25, 0.3) is 33.2 Å². The third-order valence-electron chi connectivity index (χ3n) is 7.01. The van der Waals surface area contributed by atoms with Crippen LogP contribution in [0.3, 0.4) is 0 Å². The fraction of sp³-hybridized carbons (Fsp3) is 0.323. The van der Waals surface area contributed by atoms with Gasteiger partial charge in [-0.05, 0) is 51.5 Å². The third-order valence-corrected chi connectivity index (χ3v) is 7.01. The molecule has 0 aliphatic carbocycles. The minimum Gasteiger partial charge on any atom is -0.497 e. The highest BCUT2D eigenvalue weighted by molar-refractivity contribution is 6.04. The zero-order valence-corrected chi connectivity index (χ0v) is 23.6. The maximum Gasteiger partial charge on any atom is 0.306 e. The van der Waals surface area contributed by atoms with E-state index in [-0.39, 0.29) is 18.4 Å². The van der Waals surface area contributed by atoms with E-state index in [0.29, 0.717) is 25.4 Å². The normalized spacial score (nSPS) is 11.3. The van der Waals surface area contributed by atoms with Gasteiger partial charge in [0.25, 0.3) is 0 Å². The quantitative estimate of drug-likeness (QED) is 0.190. The molecular formula is C31H35N5O4. The highest BCUT2D eigenvalue weighted by atomic mass is 16.5. The van der Waals surface area contributed by atoms with Gasteiger partial charge in [-0.1, -0.05) is 18.2 Å². The molecule has 0 saturated heterocycles. The number of aromatic nitrogens is 4. The first-order chi connectivity index (χ1) is 19.4. The summed E-state index contributed by atoms with van der Waals surface area (Å²) in [4.78, 5) is 25.5. The van der Waals surface area contributed by atoms with Crippen LogP contribution in [0.2, 0.25) is 0 Å². The van der Waals surface area contributed by atoms with E-state index in [1.807, 2.05) is 37.3 Å². The predicted molar refractivity (Wildman–Crippen MR) is 157 cm³/mol. The summed E-state index contributed by atoms with van der Waals surface area (Å²) in [6.07, 6.45) is 2.35. The van der Waals surface area contributed by atoms with E-state index >= 15 is 0 Å². The number of carbonyl (C=O) groups excluding carboxylic acids is 1. The Hall–Kier alpha value is -4.53. The molecule has 0 amide bonds. The lowest BCUT2D eigenvalue weighted by Gasteiger charge is -2.15. The van der Waals surface area contributed by atoms with Crippen molar-refractivity contribution in [3.8, 4) is 22.8 Å². The van der Waals surface area contributed by atoms with Crippen LogP contribution < -0.4 is 14.8 Å². The van der Waals surface area contributed by atoms with Gasteiger partial charge in [-0.15, -0.1) is 0 Å². The summed E-state index contributed by atoms with van der Waals surface area (Å²) in [6, 6.07) is 16.2. The molecule has 0 unspecified atom stereocenters. The maximum absolute atomic E-state index is 12.4. The molecule has 0 aliphatic rings. The lowest BCUT2D eigenvalue weighted by molar-refractivity contribution is -0.143. The number of anilines is 1. The molecule has 9 nitrogen and oxygen atoms in total. The van der Waals surface area contributed by atoms with Crippen LogP contribution in [0, 0.1) is 0 Å². The van der Waals surface area contributed by atoms with Crippen molar-refractivity contribution >= 4 is 33.7 Å². The zero-order chi connectivity index (χ0) is 28.2. The van der Waals surface area contributed by atoms with Crippen LogP contribution in [0.5, 0.6) is 11.5 Å². The molecule has 2 N–H and O–H groups in total. The van der Waals surface area contributed by atoms with Crippen LogP contribution in [-0.4, -0.2) is 46.3 Å². The van der Waals surface area contributed by atoms with Gasteiger partial charge >= 0.3 is 5.97 Å². The number of ether oxygens (including phenoxy) is 3. The first-order valence-electron chi connectivity index (χ1n) is 13.5. The van der Waals surface area contributed by atoms with Gasteiger partial charge in [0.1, 0.15) is 29.3 Å². The number of para-hydroxylation sites is 1. The number of hydrogen-bond acceptors (Lipinski definition) is 7. The molecule has 0 spiro atoms. The van der Waals surface area contributed by atoms with Gasteiger partial charge in [0.2, 0.25) is 0 Å². The Morgan fingerprint density at radius 1 is 1.07 bits per heavy atom. The largest absolute Gasteiger partial charge is 0.497 e. The smallest absolute Gasteiger partial charge is 0.306 e. The number of carbonyl (C=O) groups is 1. The fourth-order valence-corrected chi connectivity index (χ4v) is 5.25. The van der Waals surface area contributed by atoms with Crippen molar-refractivity contribution in [2.24, 2.45) is 0 Å². The Morgan fingerprint density at radius 2 is 1.90 bits per heavy atom. The van der Waals surface area contributed by atoms with Crippen molar-refractivity contribution in [3.05, 3.63) is 66.1 Å². The number of nitrogens with zero attached hydrogens (tertiary/aromatic N) is 3. The van der Waals surface area contributed by atoms with Crippen LogP contribution in [0.1, 0.15) is 44.5 Å². The molecule has 5 aromatic rings. The van der Waals surface area contributed by atoms with Crippen molar-refractivity contribution in [2.45, 2.75) is 46.2 Å². The van der Waals surface area contributed by atoms with Gasteiger partial charge in [-0.25, -0.2) is 9.97 Å². The van der Waals surface area contributed by atoms with Crippen LogP contribution in [0.4, 0.5) is 5.82 Å². The lowest BCUT2D eigenvalue weighted by atomic mass is 10.0. The van der Waals surface area contributed by atoms with Crippen LogP contribution >= 0.6 is 0 Å². The van der Waals surface area contributed by atoms with Gasteiger partial charge in [0.15, 0.2) is 0 Å². The molecule has 0 saturated carbocycles. The number of rotatable bonds is 11. The summed E-state index contributed by atoms with van der Waals surface area (Å²) in [6.45, 7) is 6.91. The third kappa shape index (κ3) is 5.19. The standard InChI is InChI=1S/C31H35N5O4/c1-6-40-27(37)14-13-25-28(24-15-20-9-7-8-10-23(20)35-24)29-30(33-18-34-31(29)36(25)19(2)3)32-17-21-11-12-22(38-4)16-26(21)39-5/h7-12,15-16,18-19,35H,6,13-14,17H2,1-5H3,(H,32,33,34). The van der Waals surface area contributed by atoms with E-state index in [2.05, 4.69) is 51.9 Å². The summed E-state index contributed by atoms with van der Waals surface area (Å²) in [5.74, 6) is 1.93. The molecule has 9 heteroatoms.